The number of phenols is 1. The van der Waals surface area contributed by atoms with Crippen molar-refractivity contribution in [3.05, 3.63) is 54.0 Å². The van der Waals surface area contributed by atoms with Crippen LogP contribution in [-0.4, -0.2) is 20.1 Å². The highest BCUT2D eigenvalue weighted by atomic mass is 16.3. The van der Waals surface area contributed by atoms with Crippen molar-refractivity contribution in [2.45, 2.75) is 25.3 Å². The van der Waals surface area contributed by atoms with Crippen molar-refractivity contribution in [2.75, 3.05) is 5.32 Å². The highest BCUT2D eigenvalue weighted by Crippen LogP contribution is 2.34. The van der Waals surface area contributed by atoms with E-state index in [0.29, 0.717) is 5.75 Å². The summed E-state index contributed by atoms with van der Waals surface area (Å²) >= 11 is 0. The first-order valence-electron chi connectivity index (χ1n) is 7.45. The van der Waals surface area contributed by atoms with Crippen molar-refractivity contribution in [2.24, 2.45) is 0 Å². The van der Waals surface area contributed by atoms with Gasteiger partial charge in [0.1, 0.15) is 17.6 Å². The standard InChI is InChI=1S/C17H16N4O/c22-12-6-7-13-11(9-12)3-1-4-14(13)21-17-16-15(19-10-20-17)5-2-8-18-16/h2,5-10,14,22H,1,3-4H2,(H,19,20,21). The zero-order valence-corrected chi connectivity index (χ0v) is 12.0. The number of hydrogen-bond donors (Lipinski definition) is 2. The van der Waals surface area contributed by atoms with Crippen LogP contribution >= 0.6 is 0 Å². The van der Waals surface area contributed by atoms with Crippen molar-refractivity contribution in [1.29, 1.82) is 0 Å². The second-order valence-corrected chi connectivity index (χ2v) is 5.57. The van der Waals surface area contributed by atoms with E-state index in [1.165, 1.54) is 11.1 Å². The molecule has 0 amide bonds. The molecule has 0 saturated carbocycles. The molecule has 110 valence electrons. The Bertz CT molecular complexity index is 829. The number of benzene rings is 1. The molecule has 1 unspecified atom stereocenters. The first-order valence-corrected chi connectivity index (χ1v) is 7.45. The number of fused-ring (bicyclic) bond motifs is 2. The largest absolute Gasteiger partial charge is 0.508 e. The van der Waals surface area contributed by atoms with Gasteiger partial charge in [-0.25, -0.2) is 9.97 Å². The molecule has 3 aromatic rings. The minimum Gasteiger partial charge on any atom is -0.508 e. The molecule has 0 aliphatic heterocycles. The molecule has 0 fully saturated rings. The number of aromatic hydroxyl groups is 1. The van der Waals surface area contributed by atoms with Gasteiger partial charge in [0.25, 0.3) is 0 Å². The van der Waals surface area contributed by atoms with Gasteiger partial charge in [0.15, 0.2) is 5.82 Å². The van der Waals surface area contributed by atoms with Crippen LogP contribution in [0.4, 0.5) is 5.82 Å². The summed E-state index contributed by atoms with van der Waals surface area (Å²) < 4.78 is 0. The normalized spacial score (nSPS) is 17.2. The van der Waals surface area contributed by atoms with E-state index in [1.54, 1.807) is 18.6 Å². The van der Waals surface area contributed by atoms with Gasteiger partial charge in [0, 0.05) is 6.20 Å². The van der Waals surface area contributed by atoms with E-state index in [0.717, 1.165) is 36.1 Å². The third-order valence-electron chi connectivity index (χ3n) is 4.15. The van der Waals surface area contributed by atoms with E-state index in [2.05, 4.69) is 20.3 Å². The number of hydrogen-bond acceptors (Lipinski definition) is 5. The quantitative estimate of drug-likeness (QED) is 0.759. The minimum absolute atomic E-state index is 0.185. The maximum Gasteiger partial charge on any atom is 0.156 e. The van der Waals surface area contributed by atoms with Crippen molar-refractivity contribution >= 4 is 16.9 Å². The van der Waals surface area contributed by atoms with E-state index >= 15 is 0 Å². The zero-order chi connectivity index (χ0) is 14.9. The molecule has 5 heteroatoms. The zero-order valence-electron chi connectivity index (χ0n) is 12.0. The van der Waals surface area contributed by atoms with Crippen LogP contribution in [0.1, 0.15) is 30.0 Å². The van der Waals surface area contributed by atoms with Crippen LogP contribution in [0.3, 0.4) is 0 Å². The summed E-state index contributed by atoms with van der Waals surface area (Å²) in [6.07, 6.45) is 6.45. The summed E-state index contributed by atoms with van der Waals surface area (Å²) in [5.74, 6) is 1.09. The molecule has 2 heterocycles. The molecule has 0 bridgehead atoms. The van der Waals surface area contributed by atoms with Gasteiger partial charge in [-0.15, -0.1) is 0 Å². The van der Waals surface area contributed by atoms with Crippen LogP contribution < -0.4 is 5.32 Å². The SMILES string of the molecule is Oc1ccc2c(c1)CCCC2Nc1ncnc2cccnc12. The summed E-state index contributed by atoms with van der Waals surface area (Å²) in [5, 5.41) is 13.2. The van der Waals surface area contributed by atoms with Gasteiger partial charge in [0.05, 0.1) is 11.6 Å². The molecule has 0 spiro atoms. The number of aryl methyl sites for hydroxylation is 1. The first kappa shape index (κ1) is 13.0. The summed E-state index contributed by atoms with van der Waals surface area (Å²) in [7, 11) is 0. The number of rotatable bonds is 2. The topological polar surface area (TPSA) is 70.9 Å². The summed E-state index contributed by atoms with van der Waals surface area (Å²) in [6.45, 7) is 0. The number of nitrogens with zero attached hydrogens (tertiary/aromatic N) is 3. The summed E-state index contributed by atoms with van der Waals surface area (Å²) in [4.78, 5) is 13.0. The van der Waals surface area contributed by atoms with Crippen LogP contribution in [0.5, 0.6) is 5.75 Å². The summed E-state index contributed by atoms with van der Waals surface area (Å²) in [6, 6.07) is 9.59. The van der Waals surface area contributed by atoms with E-state index in [9.17, 15) is 5.11 Å². The Morgan fingerprint density at radius 3 is 3.05 bits per heavy atom. The van der Waals surface area contributed by atoms with Crippen molar-refractivity contribution in [3.63, 3.8) is 0 Å². The molecular weight excluding hydrogens is 276 g/mol. The fourth-order valence-electron chi connectivity index (χ4n) is 3.11. The van der Waals surface area contributed by atoms with E-state index < -0.39 is 0 Å². The molecule has 1 aliphatic carbocycles. The van der Waals surface area contributed by atoms with Crippen LogP contribution in [0, 0.1) is 0 Å². The molecule has 2 N–H and O–H groups in total. The van der Waals surface area contributed by atoms with Crippen molar-refractivity contribution in [1.82, 2.24) is 15.0 Å². The number of nitrogens with one attached hydrogen (secondary N) is 1. The third-order valence-corrected chi connectivity index (χ3v) is 4.15. The lowest BCUT2D eigenvalue weighted by atomic mass is 9.87. The highest BCUT2D eigenvalue weighted by molar-refractivity contribution is 5.84. The van der Waals surface area contributed by atoms with Gasteiger partial charge in [-0.2, -0.15) is 0 Å². The average Bonchev–Trinajstić information content (AvgIpc) is 2.55. The second-order valence-electron chi connectivity index (χ2n) is 5.57. The van der Waals surface area contributed by atoms with Gasteiger partial charge < -0.3 is 10.4 Å². The first-order chi connectivity index (χ1) is 10.8. The molecule has 1 aromatic carbocycles. The Balaban J connectivity index is 1.72. The molecule has 4 rings (SSSR count). The highest BCUT2D eigenvalue weighted by Gasteiger charge is 2.21. The van der Waals surface area contributed by atoms with Crippen LogP contribution in [0.25, 0.3) is 11.0 Å². The van der Waals surface area contributed by atoms with Gasteiger partial charge in [-0.05, 0) is 54.7 Å². The summed E-state index contributed by atoms with van der Waals surface area (Å²) in [5.41, 5.74) is 4.06. The predicted molar refractivity (Wildman–Crippen MR) is 84.7 cm³/mol. The van der Waals surface area contributed by atoms with Crippen LogP contribution in [0.15, 0.2) is 42.9 Å². The molecule has 2 aromatic heterocycles. The monoisotopic (exact) mass is 292 g/mol. The Morgan fingerprint density at radius 2 is 2.09 bits per heavy atom. The Hall–Kier alpha value is -2.69. The molecule has 5 nitrogen and oxygen atoms in total. The van der Waals surface area contributed by atoms with Crippen molar-refractivity contribution < 1.29 is 5.11 Å². The van der Waals surface area contributed by atoms with Gasteiger partial charge in [-0.3, -0.25) is 4.98 Å². The molecule has 1 atom stereocenters. The van der Waals surface area contributed by atoms with E-state index in [4.69, 9.17) is 0 Å². The average molecular weight is 292 g/mol. The number of anilines is 1. The third kappa shape index (κ3) is 2.24. The minimum atomic E-state index is 0.185. The lowest BCUT2D eigenvalue weighted by molar-refractivity contribution is 0.472. The number of aromatic nitrogens is 3. The van der Waals surface area contributed by atoms with Gasteiger partial charge >= 0.3 is 0 Å². The van der Waals surface area contributed by atoms with Crippen molar-refractivity contribution in [3.8, 4) is 5.75 Å². The van der Waals surface area contributed by atoms with E-state index in [-0.39, 0.29) is 6.04 Å². The van der Waals surface area contributed by atoms with Crippen LogP contribution in [0.2, 0.25) is 0 Å². The van der Waals surface area contributed by atoms with Crippen LogP contribution in [-0.2, 0) is 6.42 Å². The molecule has 1 aliphatic rings. The lowest BCUT2D eigenvalue weighted by Gasteiger charge is -2.27. The fraction of sp³-hybridized carbons (Fsp3) is 0.235. The fourth-order valence-corrected chi connectivity index (χ4v) is 3.11. The second kappa shape index (κ2) is 5.26. The van der Waals surface area contributed by atoms with E-state index in [1.807, 2.05) is 24.3 Å². The molecule has 0 saturated heterocycles. The number of phenolic OH excluding ortho intramolecular Hbond substituents is 1. The Morgan fingerprint density at radius 1 is 1.14 bits per heavy atom. The smallest absolute Gasteiger partial charge is 0.156 e. The molecule has 22 heavy (non-hydrogen) atoms. The Kier molecular flexibility index (Phi) is 3.11. The molecular formula is C17H16N4O. The Labute approximate surface area is 128 Å². The maximum absolute atomic E-state index is 9.65. The lowest BCUT2D eigenvalue weighted by Crippen LogP contribution is -2.18. The van der Waals surface area contributed by atoms with Gasteiger partial charge in [-0.1, -0.05) is 6.07 Å². The van der Waals surface area contributed by atoms with Gasteiger partial charge in [0.2, 0.25) is 0 Å². The maximum atomic E-state index is 9.65. The molecule has 0 radical (unpaired) electrons. The number of pyridine rings is 1. The predicted octanol–water partition coefficient (Wildman–Crippen LogP) is 3.22.